The zero-order valence-electron chi connectivity index (χ0n) is 11.9. The number of rotatable bonds is 4. The van der Waals surface area contributed by atoms with Crippen molar-refractivity contribution in [3.63, 3.8) is 0 Å². The Morgan fingerprint density at radius 1 is 1.45 bits per heavy atom. The second-order valence-corrected chi connectivity index (χ2v) is 5.63. The molecule has 1 aromatic heterocycles. The van der Waals surface area contributed by atoms with E-state index in [-0.39, 0.29) is 5.91 Å². The lowest BCUT2D eigenvalue weighted by Gasteiger charge is -2.36. The number of aryl methyl sites for hydroxylation is 1. The Bertz CT molecular complexity index is 498. The number of aliphatic carboxylic acids is 1. The number of hydrogen-bond donors (Lipinski definition) is 2. The van der Waals surface area contributed by atoms with E-state index in [1.165, 1.54) is 6.26 Å². The summed E-state index contributed by atoms with van der Waals surface area (Å²) in [6.07, 6.45) is 4.66. The van der Waals surface area contributed by atoms with Gasteiger partial charge in [0.05, 0.1) is 11.8 Å². The largest absolute Gasteiger partial charge is 0.480 e. The van der Waals surface area contributed by atoms with Gasteiger partial charge in [-0.2, -0.15) is 0 Å². The van der Waals surface area contributed by atoms with Crippen LogP contribution in [0.25, 0.3) is 0 Å². The Morgan fingerprint density at radius 2 is 2.10 bits per heavy atom. The van der Waals surface area contributed by atoms with Crippen LogP contribution in [-0.2, 0) is 11.2 Å². The number of carbonyl (C=O) groups is 2. The van der Waals surface area contributed by atoms with E-state index in [4.69, 9.17) is 4.42 Å². The van der Waals surface area contributed by atoms with Crippen molar-refractivity contribution < 1.29 is 19.1 Å². The highest BCUT2D eigenvalue weighted by molar-refractivity contribution is 5.98. The fourth-order valence-corrected chi connectivity index (χ4v) is 2.75. The maximum Gasteiger partial charge on any atom is 0.329 e. The highest BCUT2D eigenvalue weighted by Crippen LogP contribution is 2.32. The van der Waals surface area contributed by atoms with E-state index >= 15 is 0 Å². The number of amides is 1. The van der Waals surface area contributed by atoms with Gasteiger partial charge in [-0.3, -0.25) is 4.79 Å². The van der Waals surface area contributed by atoms with Crippen LogP contribution in [0.2, 0.25) is 0 Å². The van der Waals surface area contributed by atoms with Crippen LogP contribution in [0.1, 0.15) is 55.6 Å². The van der Waals surface area contributed by atoms with Gasteiger partial charge in [0.15, 0.2) is 0 Å². The van der Waals surface area contributed by atoms with Gasteiger partial charge in [0.2, 0.25) is 0 Å². The van der Waals surface area contributed by atoms with Crippen molar-refractivity contribution in [1.29, 1.82) is 0 Å². The van der Waals surface area contributed by atoms with Crippen molar-refractivity contribution in [2.45, 2.75) is 51.5 Å². The molecular formula is C15H21NO4. The van der Waals surface area contributed by atoms with Gasteiger partial charge in [0.25, 0.3) is 5.91 Å². The first-order valence-corrected chi connectivity index (χ1v) is 7.11. The number of hydrogen-bond acceptors (Lipinski definition) is 3. The van der Waals surface area contributed by atoms with E-state index < -0.39 is 11.5 Å². The van der Waals surface area contributed by atoms with Crippen LogP contribution in [0.4, 0.5) is 0 Å². The molecule has 110 valence electrons. The first-order valence-electron chi connectivity index (χ1n) is 7.11. The molecule has 1 amide bonds. The van der Waals surface area contributed by atoms with Gasteiger partial charge in [0, 0.05) is 6.42 Å². The molecular weight excluding hydrogens is 258 g/mol. The number of nitrogens with one attached hydrogen (secondary N) is 1. The summed E-state index contributed by atoms with van der Waals surface area (Å²) in [5.74, 6) is -0.196. The van der Waals surface area contributed by atoms with Crippen molar-refractivity contribution in [2.75, 3.05) is 0 Å². The zero-order valence-corrected chi connectivity index (χ0v) is 11.9. The van der Waals surface area contributed by atoms with Crippen LogP contribution < -0.4 is 5.32 Å². The summed E-state index contributed by atoms with van der Waals surface area (Å²) in [6.45, 7) is 4.00. The molecule has 0 atom stereocenters. The highest BCUT2D eigenvalue weighted by Gasteiger charge is 2.42. The highest BCUT2D eigenvalue weighted by atomic mass is 16.4. The summed E-state index contributed by atoms with van der Waals surface area (Å²) in [5, 5.41) is 12.2. The molecule has 1 aliphatic carbocycles. The quantitative estimate of drug-likeness (QED) is 0.887. The lowest BCUT2D eigenvalue weighted by Crippen LogP contribution is -2.56. The molecule has 5 heteroatoms. The van der Waals surface area contributed by atoms with Crippen molar-refractivity contribution in [1.82, 2.24) is 5.32 Å². The second-order valence-electron chi connectivity index (χ2n) is 5.63. The Balaban J connectivity index is 2.17. The van der Waals surface area contributed by atoms with Crippen molar-refractivity contribution in [3.8, 4) is 0 Å². The third-order valence-electron chi connectivity index (χ3n) is 4.20. The van der Waals surface area contributed by atoms with Crippen molar-refractivity contribution in [2.24, 2.45) is 5.92 Å². The first-order chi connectivity index (χ1) is 9.48. The molecule has 1 saturated carbocycles. The third-order valence-corrected chi connectivity index (χ3v) is 4.20. The number of furan rings is 1. The fourth-order valence-electron chi connectivity index (χ4n) is 2.75. The van der Waals surface area contributed by atoms with Crippen LogP contribution in [0, 0.1) is 5.92 Å². The van der Waals surface area contributed by atoms with Crippen LogP contribution in [0.5, 0.6) is 0 Å². The summed E-state index contributed by atoms with van der Waals surface area (Å²) in [7, 11) is 0. The summed E-state index contributed by atoms with van der Waals surface area (Å²) in [4.78, 5) is 23.9. The maximum atomic E-state index is 12.3. The summed E-state index contributed by atoms with van der Waals surface area (Å²) in [5.41, 5.74) is -0.696. The summed E-state index contributed by atoms with van der Waals surface area (Å²) in [6, 6.07) is 1.59. The van der Waals surface area contributed by atoms with E-state index in [2.05, 4.69) is 12.2 Å². The molecule has 0 spiro atoms. The lowest BCUT2D eigenvalue weighted by molar-refractivity contribution is -0.146. The average molecular weight is 279 g/mol. The lowest BCUT2D eigenvalue weighted by atomic mass is 9.77. The first kappa shape index (κ1) is 14.6. The van der Waals surface area contributed by atoms with Crippen LogP contribution in [0.3, 0.4) is 0 Å². The van der Waals surface area contributed by atoms with Gasteiger partial charge < -0.3 is 14.8 Å². The number of carboxylic acids is 1. The molecule has 5 nitrogen and oxygen atoms in total. The molecule has 1 aliphatic rings. The number of carbonyl (C=O) groups excluding carboxylic acids is 1. The predicted molar refractivity (Wildman–Crippen MR) is 73.6 cm³/mol. The zero-order chi connectivity index (χ0) is 14.8. The van der Waals surface area contributed by atoms with Crippen molar-refractivity contribution in [3.05, 3.63) is 23.7 Å². The van der Waals surface area contributed by atoms with Crippen LogP contribution >= 0.6 is 0 Å². The molecule has 2 rings (SSSR count). The molecule has 0 bridgehead atoms. The van der Waals surface area contributed by atoms with Gasteiger partial charge in [-0.1, -0.05) is 13.8 Å². The smallest absolute Gasteiger partial charge is 0.329 e. The average Bonchev–Trinajstić information content (AvgIpc) is 2.89. The van der Waals surface area contributed by atoms with Crippen molar-refractivity contribution >= 4 is 11.9 Å². The molecule has 1 fully saturated rings. The van der Waals surface area contributed by atoms with E-state index in [1.54, 1.807) is 6.07 Å². The molecule has 0 saturated heterocycles. The SMILES string of the molecule is CCc1occc1C(=O)NC1(C(=O)O)CCC(C)CC1. The Morgan fingerprint density at radius 3 is 2.65 bits per heavy atom. The van der Waals surface area contributed by atoms with Crippen LogP contribution in [-0.4, -0.2) is 22.5 Å². The van der Waals surface area contributed by atoms with Crippen LogP contribution in [0.15, 0.2) is 16.7 Å². The third kappa shape index (κ3) is 2.71. The Hall–Kier alpha value is -1.78. The molecule has 2 N–H and O–H groups in total. The monoisotopic (exact) mass is 279 g/mol. The van der Waals surface area contributed by atoms with E-state index in [0.717, 1.165) is 12.8 Å². The van der Waals surface area contributed by atoms with Gasteiger partial charge in [-0.25, -0.2) is 4.79 Å². The molecule has 1 aromatic rings. The second kappa shape index (κ2) is 5.69. The fraction of sp³-hybridized carbons (Fsp3) is 0.600. The predicted octanol–water partition coefficient (Wildman–Crippen LogP) is 2.61. The minimum Gasteiger partial charge on any atom is -0.480 e. The number of carboxylic acid groups (broad SMARTS) is 1. The maximum absolute atomic E-state index is 12.3. The molecule has 0 aliphatic heterocycles. The minimum atomic E-state index is -1.13. The van der Waals surface area contributed by atoms with Gasteiger partial charge in [0.1, 0.15) is 11.3 Å². The normalized spacial score (nSPS) is 26.2. The summed E-state index contributed by atoms with van der Waals surface area (Å²) < 4.78 is 5.23. The molecule has 0 radical (unpaired) electrons. The molecule has 1 heterocycles. The van der Waals surface area contributed by atoms with E-state index in [1.807, 2.05) is 6.92 Å². The Kier molecular flexibility index (Phi) is 4.16. The molecule has 0 aromatic carbocycles. The van der Waals surface area contributed by atoms with E-state index in [0.29, 0.717) is 36.5 Å². The van der Waals surface area contributed by atoms with E-state index in [9.17, 15) is 14.7 Å². The summed E-state index contributed by atoms with van der Waals surface area (Å²) >= 11 is 0. The minimum absolute atomic E-state index is 0.354. The topological polar surface area (TPSA) is 79.5 Å². The molecule has 20 heavy (non-hydrogen) atoms. The Labute approximate surface area is 118 Å². The standard InChI is InChI=1S/C15H21NO4/c1-3-12-11(6-9-20-12)13(17)16-15(14(18)19)7-4-10(2)5-8-15/h6,9-10H,3-5,7-8H2,1-2H3,(H,16,17)(H,18,19). The molecule has 0 unspecified atom stereocenters. The van der Waals surface area contributed by atoms with Gasteiger partial charge in [-0.05, 0) is 37.7 Å². The van der Waals surface area contributed by atoms with Gasteiger partial charge in [-0.15, -0.1) is 0 Å². The van der Waals surface area contributed by atoms with Gasteiger partial charge >= 0.3 is 5.97 Å².